The van der Waals surface area contributed by atoms with E-state index < -0.39 is 5.91 Å². The summed E-state index contributed by atoms with van der Waals surface area (Å²) in [6.07, 6.45) is 0. The maximum atomic E-state index is 11.8. The molecular formula is C18H20N2O4. The molecule has 0 saturated heterocycles. The van der Waals surface area contributed by atoms with Gasteiger partial charge in [-0.15, -0.1) is 0 Å². The Hall–Kier alpha value is -3.02. The van der Waals surface area contributed by atoms with Crippen LogP contribution in [0.2, 0.25) is 0 Å². The van der Waals surface area contributed by atoms with Crippen LogP contribution in [0.25, 0.3) is 0 Å². The summed E-state index contributed by atoms with van der Waals surface area (Å²) in [5, 5.41) is 23.1. The SMILES string of the molecule is C/C(=N/NC(=O)COc1cccc(C)c1C)c1cc(O)ccc1O. The molecule has 0 aliphatic rings. The number of aryl methyl sites for hydroxylation is 1. The van der Waals surface area contributed by atoms with Crippen molar-refractivity contribution in [3.05, 3.63) is 53.1 Å². The number of ether oxygens (including phenoxy) is 1. The summed E-state index contributed by atoms with van der Waals surface area (Å²) < 4.78 is 5.49. The monoisotopic (exact) mass is 328 g/mol. The van der Waals surface area contributed by atoms with Crippen LogP contribution < -0.4 is 10.2 Å². The number of benzene rings is 2. The lowest BCUT2D eigenvalue weighted by Crippen LogP contribution is -2.25. The number of phenols is 2. The molecule has 2 aromatic carbocycles. The number of amides is 1. The molecule has 0 atom stereocenters. The van der Waals surface area contributed by atoms with Crippen LogP contribution in [0.5, 0.6) is 17.2 Å². The van der Waals surface area contributed by atoms with Crippen LogP contribution in [0.1, 0.15) is 23.6 Å². The molecule has 2 rings (SSSR count). The highest BCUT2D eigenvalue weighted by Gasteiger charge is 2.08. The molecule has 24 heavy (non-hydrogen) atoms. The summed E-state index contributed by atoms with van der Waals surface area (Å²) in [6.45, 7) is 5.33. The van der Waals surface area contributed by atoms with Crippen molar-refractivity contribution in [3.63, 3.8) is 0 Å². The van der Waals surface area contributed by atoms with E-state index in [0.717, 1.165) is 11.1 Å². The maximum Gasteiger partial charge on any atom is 0.277 e. The lowest BCUT2D eigenvalue weighted by molar-refractivity contribution is -0.123. The Morgan fingerprint density at radius 1 is 1.21 bits per heavy atom. The van der Waals surface area contributed by atoms with Crippen LogP contribution in [0, 0.1) is 13.8 Å². The first-order chi connectivity index (χ1) is 11.4. The molecule has 6 heteroatoms. The Morgan fingerprint density at radius 3 is 2.71 bits per heavy atom. The Morgan fingerprint density at radius 2 is 1.96 bits per heavy atom. The van der Waals surface area contributed by atoms with E-state index in [1.807, 2.05) is 26.0 Å². The fourth-order valence-electron chi connectivity index (χ4n) is 2.08. The Kier molecular flexibility index (Phi) is 5.42. The summed E-state index contributed by atoms with van der Waals surface area (Å²) in [4.78, 5) is 11.8. The fourth-order valence-corrected chi connectivity index (χ4v) is 2.08. The Labute approximate surface area is 140 Å². The minimum Gasteiger partial charge on any atom is -0.508 e. The van der Waals surface area contributed by atoms with Crippen LogP contribution in [-0.4, -0.2) is 28.4 Å². The smallest absolute Gasteiger partial charge is 0.277 e. The molecule has 0 aliphatic heterocycles. The van der Waals surface area contributed by atoms with Gasteiger partial charge in [-0.05, 0) is 56.2 Å². The molecule has 3 N–H and O–H groups in total. The quantitative estimate of drug-likeness (QED) is 0.447. The average molecular weight is 328 g/mol. The zero-order valence-electron chi connectivity index (χ0n) is 13.8. The molecule has 126 valence electrons. The second-order valence-electron chi connectivity index (χ2n) is 5.42. The summed E-state index contributed by atoms with van der Waals surface area (Å²) >= 11 is 0. The minimum atomic E-state index is -0.421. The van der Waals surface area contributed by atoms with E-state index in [2.05, 4.69) is 10.5 Å². The average Bonchev–Trinajstić information content (AvgIpc) is 2.56. The molecule has 0 heterocycles. The number of rotatable bonds is 5. The third kappa shape index (κ3) is 4.25. The number of hydrazone groups is 1. The first-order valence-electron chi connectivity index (χ1n) is 7.43. The topological polar surface area (TPSA) is 91.2 Å². The highest BCUT2D eigenvalue weighted by molar-refractivity contribution is 6.01. The van der Waals surface area contributed by atoms with Gasteiger partial charge in [0.15, 0.2) is 6.61 Å². The van der Waals surface area contributed by atoms with Crippen LogP contribution in [0.15, 0.2) is 41.5 Å². The van der Waals surface area contributed by atoms with Crippen molar-refractivity contribution in [1.29, 1.82) is 0 Å². The van der Waals surface area contributed by atoms with Gasteiger partial charge in [0.2, 0.25) is 0 Å². The normalized spacial score (nSPS) is 11.2. The van der Waals surface area contributed by atoms with Gasteiger partial charge in [-0.1, -0.05) is 12.1 Å². The zero-order valence-corrected chi connectivity index (χ0v) is 13.8. The van der Waals surface area contributed by atoms with Gasteiger partial charge in [-0.2, -0.15) is 5.10 Å². The van der Waals surface area contributed by atoms with E-state index in [1.165, 1.54) is 18.2 Å². The molecule has 0 spiro atoms. The molecule has 0 aliphatic carbocycles. The van der Waals surface area contributed by atoms with E-state index in [-0.39, 0.29) is 18.1 Å². The third-order valence-corrected chi connectivity index (χ3v) is 3.63. The van der Waals surface area contributed by atoms with Gasteiger partial charge < -0.3 is 14.9 Å². The molecule has 0 fully saturated rings. The van der Waals surface area contributed by atoms with Gasteiger partial charge in [0.1, 0.15) is 17.2 Å². The lowest BCUT2D eigenvalue weighted by atomic mass is 10.1. The molecule has 0 saturated carbocycles. The van der Waals surface area contributed by atoms with E-state index in [0.29, 0.717) is 17.0 Å². The third-order valence-electron chi connectivity index (χ3n) is 3.63. The highest BCUT2D eigenvalue weighted by Crippen LogP contribution is 2.22. The van der Waals surface area contributed by atoms with Crippen molar-refractivity contribution in [2.24, 2.45) is 5.10 Å². The van der Waals surface area contributed by atoms with Gasteiger partial charge in [-0.25, -0.2) is 5.43 Å². The number of carbonyl (C=O) groups excluding carboxylic acids is 1. The van der Waals surface area contributed by atoms with E-state index in [4.69, 9.17) is 4.74 Å². The number of nitrogens with zero attached hydrogens (tertiary/aromatic N) is 1. The van der Waals surface area contributed by atoms with Crippen molar-refractivity contribution >= 4 is 11.6 Å². The van der Waals surface area contributed by atoms with Gasteiger partial charge in [0.05, 0.1) is 5.71 Å². The lowest BCUT2D eigenvalue weighted by Gasteiger charge is -2.10. The Balaban J connectivity index is 1.97. The van der Waals surface area contributed by atoms with Gasteiger partial charge >= 0.3 is 0 Å². The first-order valence-corrected chi connectivity index (χ1v) is 7.43. The number of hydrogen-bond donors (Lipinski definition) is 3. The zero-order chi connectivity index (χ0) is 17.7. The number of carbonyl (C=O) groups is 1. The largest absolute Gasteiger partial charge is 0.508 e. The molecule has 1 amide bonds. The molecule has 2 aromatic rings. The minimum absolute atomic E-state index is 0.00179. The standard InChI is InChI=1S/C18H20N2O4/c1-11-5-4-6-17(12(11)2)24-10-18(23)20-19-13(3)15-9-14(21)7-8-16(15)22/h4-9,21-22H,10H2,1-3H3,(H,20,23)/b19-13-. The summed E-state index contributed by atoms with van der Waals surface area (Å²) in [7, 11) is 0. The predicted octanol–water partition coefficient (Wildman–Crippen LogP) is 2.63. The van der Waals surface area contributed by atoms with E-state index >= 15 is 0 Å². The van der Waals surface area contributed by atoms with Crippen molar-refractivity contribution in [1.82, 2.24) is 5.43 Å². The first kappa shape index (κ1) is 17.3. The molecule has 0 bridgehead atoms. The second-order valence-corrected chi connectivity index (χ2v) is 5.42. The van der Waals surface area contributed by atoms with Gasteiger partial charge in [-0.3, -0.25) is 4.79 Å². The Bertz CT molecular complexity index is 785. The number of phenolic OH excluding ortho intramolecular Hbond substituents is 2. The van der Waals surface area contributed by atoms with Gasteiger partial charge in [0.25, 0.3) is 5.91 Å². The molecule has 6 nitrogen and oxygen atoms in total. The number of hydrogen-bond acceptors (Lipinski definition) is 5. The number of nitrogens with one attached hydrogen (secondary N) is 1. The van der Waals surface area contributed by atoms with E-state index in [1.54, 1.807) is 13.0 Å². The van der Waals surface area contributed by atoms with Crippen molar-refractivity contribution in [2.75, 3.05) is 6.61 Å². The summed E-state index contributed by atoms with van der Waals surface area (Å²) in [6, 6.07) is 9.72. The fraction of sp³-hybridized carbons (Fsp3) is 0.222. The van der Waals surface area contributed by atoms with Gasteiger partial charge in [0, 0.05) is 5.56 Å². The second kappa shape index (κ2) is 7.50. The van der Waals surface area contributed by atoms with Crippen LogP contribution in [0.3, 0.4) is 0 Å². The van der Waals surface area contributed by atoms with Crippen molar-refractivity contribution in [3.8, 4) is 17.2 Å². The molecule has 0 aromatic heterocycles. The maximum absolute atomic E-state index is 11.8. The van der Waals surface area contributed by atoms with Crippen molar-refractivity contribution < 1.29 is 19.7 Å². The van der Waals surface area contributed by atoms with Crippen LogP contribution in [0.4, 0.5) is 0 Å². The van der Waals surface area contributed by atoms with E-state index in [9.17, 15) is 15.0 Å². The van der Waals surface area contributed by atoms with Crippen LogP contribution in [-0.2, 0) is 4.79 Å². The summed E-state index contributed by atoms with van der Waals surface area (Å²) in [5.41, 5.74) is 5.13. The molecule has 0 unspecified atom stereocenters. The van der Waals surface area contributed by atoms with Crippen LogP contribution >= 0.6 is 0 Å². The molecule has 0 radical (unpaired) electrons. The number of aromatic hydroxyl groups is 2. The highest BCUT2D eigenvalue weighted by atomic mass is 16.5. The predicted molar refractivity (Wildman–Crippen MR) is 91.5 cm³/mol. The molecular weight excluding hydrogens is 308 g/mol. The summed E-state index contributed by atoms with van der Waals surface area (Å²) in [5.74, 6) is 0.197. The van der Waals surface area contributed by atoms with Crippen molar-refractivity contribution in [2.45, 2.75) is 20.8 Å².